The van der Waals surface area contributed by atoms with Gasteiger partial charge >= 0.3 is 18.0 Å². The number of hydrogen-bond donors (Lipinski definition) is 1. The van der Waals surface area contributed by atoms with E-state index in [2.05, 4.69) is 10.1 Å². The van der Waals surface area contributed by atoms with Crippen molar-refractivity contribution >= 4 is 29.0 Å². The Labute approximate surface area is 235 Å². The van der Waals surface area contributed by atoms with Crippen molar-refractivity contribution in [2.75, 3.05) is 7.11 Å². The maximum Gasteiger partial charge on any atom is 0.408 e. The van der Waals surface area contributed by atoms with Crippen LogP contribution in [0.3, 0.4) is 0 Å². The molecule has 212 valence electrons. The molecule has 1 amide bonds. The predicted molar refractivity (Wildman–Crippen MR) is 149 cm³/mol. The fourth-order valence-corrected chi connectivity index (χ4v) is 3.81. The Balaban J connectivity index is 1.51. The molecule has 3 aromatic carbocycles. The summed E-state index contributed by atoms with van der Waals surface area (Å²) in [6.07, 6.45) is 0.558. The molecule has 0 spiro atoms. The monoisotopic (exact) mass is 559 g/mol. The number of ether oxygens (including phenoxy) is 4. The molecule has 0 saturated carbocycles. The van der Waals surface area contributed by atoms with Gasteiger partial charge in [0.2, 0.25) is 11.2 Å². The summed E-state index contributed by atoms with van der Waals surface area (Å²) in [6, 6.07) is 18.5. The molecule has 0 bridgehead atoms. The van der Waals surface area contributed by atoms with Crippen molar-refractivity contribution in [3.8, 4) is 17.2 Å². The van der Waals surface area contributed by atoms with Gasteiger partial charge in [0.05, 0.1) is 18.1 Å². The van der Waals surface area contributed by atoms with Crippen LogP contribution in [0, 0.1) is 0 Å². The van der Waals surface area contributed by atoms with Crippen LogP contribution in [-0.2, 0) is 20.7 Å². The zero-order chi connectivity index (χ0) is 29.6. The lowest BCUT2D eigenvalue weighted by atomic mass is 10.1. The molecule has 0 aliphatic heterocycles. The van der Waals surface area contributed by atoms with E-state index < -0.39 is 35.1 Å². The number of amides is 1. The third kappa shape index (κ3) is 7.72. The van der Waals surface area contributed by atoms with Crippen LogP contribution >= 0.6 is 0 Å². The molecule has 41 heavy (non-hydrogen) atoms. The van der Waals surface area contributed by atoms with Crippen LogP contribution < -0.4 is 20.2 Å². The third-order valence-electron chi connectivity index (χ3n) is 5.69. The highest BCUT2D eigenvalue weighted by atomic mass is 16.6. The zero-order valence-electron chi connectivity index (χ0n) is 23.0. The highest BCUT2D eigenvalue weighted by Crippen LogP contribution is 2.25. The molecule has 10 nitrogen and oxygen atoms in total. The summed E-state index contributed by atoms with van der Waals surface area (Å²) < 4.78 is 26.8. The maximum absolute atomic E-state index is 13.1. The van der Waals surface area contributed by atoms with E-state index in [4.69, 9.17) is 18.6 Å². The smallest absolute Gasteiger partial charge is 0.408 e. The van der Waals surface area contributed by atoms with Crippen molar-refractivity contribution < 1.29 is 37.7 Å². The first-order valence-corrected chi connectivity index (χ1v) is 12.7. The number of carbonyl (C=O) groups is 3. The summed E-state index contributed by atoms with van der Waals surface area (Å²) in [5, 5.41) is 2.78. The number of benzene rings is 3. The van der Waals surface area contributed by atoms with Gasteiger partial charge in [0, 0.05) is 12.5 Å². The Morgan fingerprint density at radius 2 is 1.61 bits per heavy atom. The van der Waals surface area contributed by atoms with Gasteiger partial charge in [-0.15, -0.1) is 0 Å². The van der Waals surface area contributed by atoms with Gasteiger partial charge < -0.3 is 28.7 Å². The van der Waals surface area contributed by atoms with Crippen LogP contribution in [0.25, 0.3) is 11.0 Å². The van der Waals surface area contributed by atoms with Crippen molar-refractivity contribution in [2.24, 2.45) is 0 Å². The fraction of sp³-hybridized carbons (Fsp3) is 0.226. The molecule has 0 aliphatic carbocycles. The number of hydrogen-bond acceptors (Lipinski definition) is 9. The largest absolute Gasteiger partial charge is 0.465 e. The number of nitrogens with one attached hydrogen (secondary N) is 1. The van der Waals surface area contributed by atoms with E-state index in [1.54, 1.807) is 20.8 Å². The van der Waals surface area contributed by atoms with Crippen molar-refractivity contribution in [3.05, 3.63) is 100 Å². The van der Waals surface area contributed by atoms with E-state index in [1.807, 2.05) is 30.3 Å². The molecule has 1 aromatic heterocycles. The Kier molecular flexibility index (Phi) is 8.72. The molecule has 0 radical (unpaired) electrons. The first-order valence-electron chi connectivity index (χ1n) is 12.7. The fourth-order valence-electron chi connectivity index (χ4n) is 3.81. The first-order chi connectivity index (χ1) is 19.5. The van der Waals surface area contributed by atoms with Gasteiger partial charge in [0.1, 0.15) is 35.0 Å². The molecule has 0 fully saturated rings. The third-order valence-corrected chi connectivity index (χ3v) is 5.69. The Morgan fingerprint density at radius 3 is 2.27 bits per heavy atom. The molecule has 0 saturated heterocycles. The number of esters is 2. The van der Waals surface area contributed by atoms with Crippen LogP contribution in [0.15, 0.2) is 88.3 Å². The van der Waals surface area contributed by atoms with E-state index in [-0.39, 0.29) is 28.9 Å². The molecule has 1 N–H and O–H groups in total. The highest BCUT2D eigenvalue weighted by molar-refractivity contribution is 5.89. The summed E-state index contributed by atoms with van der Waals surface area (Å²) in [7, 11) is 1.28. The van der Waals surface area contributed by atoms with Gasteiger partial charge in [-0.3, -0.25) is 4.79 Å². The van der Waals surface area contributed by atoms with Crippen LogP contribution in [-0.4, -0.2) is 36.8 Å². The van der Waals surface area contributed by atoms with Gasteiger partial charge in [-0.05, 0) is 62.7 Å². The molecule has 1 heterocycles. The lowest BCUT2D eigenvalue weighted by Crippen LogP contribution is -2.46. The van der Waals surface area contributed by atoms with Gasteiger partial charge in [0.25, 0.3) is 0 Å². The van der Waals surface area contributed by atoms with Gasteiger partial charge in [-0.2, -0.15) is 0 Å². The molecule has 10 heteroatoms. The number of methoxy groups -OCH3 is 1. The highest BCUT2D eigenvalue weighted by Gasteiger charge is 2.26. The minimum atomic E-state index is -1.05. The standard InChI is InChI=1S/C31H29NO9/c1-31(2,3)41-30(36)32-24(16-19-8-6-5-7-9-19)29(35)40-22-14-15-23-25(17-22)38-18-26(27(23)33)39-21-12-10-20(11-13-21)28(34)37-4/h5-15,17-18,24H,16H2,1-4H3,(H,32,36)/t24-/m0/s1. The summed E-state index contributed by atoms with van der Waals surface area (Å²) in [5.41, 5.74) is 0.0985. The van der Waals surface area contributed by atoms with E-state index in [0.717, 1.165) is 11.8 Å². The average Bonchev–Trinajstić information content (AvgIpc) is 2.93. The predicted octanol–water partition coefficient (Wildman–Crippen LogP) is 5.41. The van der Waals surface area contributed by atoms with Crippen LogP contribution in [0.4, 0.5) is 4.79 Å². The van der Waals surface area contributed by atoms with Gasteiger partial charge in [-0.1, -0.05) is 30.3 Å². The van der Waals surface area contributed by atoms with E-state index in [9.17, 15) is 19.2 Å². The number of carbonyl (C=O) groups excluding carboxylic acids is 3. The second-order valence-corrected chi connectivity index (χ2v) is 10.0. The van der Waals surface area contributed by atoms with Crippen LogP contribution in [0.5, 0.6) is 17.2 Å². The maximum atomic E-state index is 13.1. The SMILES string of the molecule is COC(=O)c1ccc(Oc2coc3cc(OC(=O)[C@H](Cc4ccccc4)NC(=O)OC(C)(C)C)ccc3c2=O)cc1. The Hall–Kier alpha value is -5.12. The van der Waals surface area contributed by atoms with E-state index in [1.165, 1.54) is 49.6 Å². The molecule has 0 unspecified atom stereocenters. The molecular weight excluding hydrogens is 530 g/mol. The van der Waals surface area contributed by atoms with Crippen LogP contribution in [0.1, 0.15) is 36.7 Å². The molecule has 0 aliphatic rings. The lowest BCUT2D eigenvalue weighted by molar-refractivity contribution is -0.136. The second kappa shape index (κ2) is 12.4. The number of rotatable bonds is 8. The topological polar surface area (TPSA) is 130 Å². The zero-order valence-corrected chi connectivity index (χ0v) is 23.0. The summed E-state index contributed by atoms with van der Waals surface area (Å²) in [6.45, 7) is 5.16. The average molecular weight is 560 g/mol. The molecular formula is C31H29NO9. The summed E-state index contributed by atoms with van der Waals surface area (Å²) >= 11 is 0. The van der Waals surface area contributed by atoms with Crippen molar-refractivity contribution in [3.63, 3.8) is 0 Å². The Morgan fingerprint density at radius 1 is 0.927 bits per heavy atom. The van der Waals surface area contributed by atoms with E-state index in [0.29, 0.717) is 11.3 Å². The minimum absolute atomic E-state index is 0.0717. The Bertz CT molecular complexity index is 1600. The molecule has 4 rings (SSSR count). The number of fused-ring (bicyclic) bond motifs is 1. The van der Waals surface area contributed by atoms with Gasteiger partial charge in [0.15, 0.2) is 0 Å². The minimum Gasteiger partial charge on any atom is -0.465 e. The summed E-state index contributed by atoms with van der Waals surface area (Å²) in [5.74, 6) is -0.863. The van der Waals surface area contributed by atoms with Gasteiger partial charge in [-0.25, -0.2) is 14.4 Å². The summed E-state index contributed by atoms with van der Waals surface area (Å²) in [4.78, 5) is 50.2. The number of alkyl carbamates (subject to hydrolysis) is 1. The first kappa shape index (κ1) is 28.9. The van der Waals surface area contributed by atoms with Crippen molar-refractivity contribution in [1.82, 2.24) is 5.32 Å². The molecule has 4 aromatic rings. The lowest BCUT2D eigenvalue weighted by Gasteiger charge is -2.23. The van der Waals surface area contributed by atoms with E-state index >= 15 is 0 Å². The second-order valence-electron chi connectivity index (χ2n) is 10.0. The quantitative estimate of drug-likeness (QED) is 0.222. The molecule has 1 atom stereocenters. The van der Waals surface area contributed by atoms with Crippen molar-refractivity contribution in [1.29, 1.82) is 0 Å². The van der Waals surface area contributed by atoms with Crippen LogP contribution in [0.2, 0.25) is 0 Å². The normalized spacial score (nSPS) is 11.8. The van der Waals surface area contributed by atoms with Crippen molar-refractivity contribution in [2.45, 2.75) is 38.8 Å².